The summed E-state index contributed by atoms with van der Waals surface area (Å²) in [7, 11) is 2.73. The number of aliphatic hydroxyl groups excluding tert-OH is 1. The molecule has 2 aliphatic rings. The van der Waals surface area contributed by atoms with Gasteiger partial charge in [-0.1, -0.05) is 0 Å². The van der Waals surface area contributed by atoms with Gasteiger partial charge in [-0.25, -0.2) is 15.2 Å². The molecule has 0 spiro atoms. The van der Waals surface area contributed by atoms with Crippen molar-refractivity contribution in [2.24, 2.45) is 11.8 Å². The normalized spacial score (nSPS) is 18.8. The lowest BCUT2D eigenvalue weighted by atomic mass is 9.99. The van der Waals surface area contributed by atoms with Crippen LogP contribution in [0.25, 0.3) is 0 Å². The van der Waals surface area contributed by atoms with Crippen LogP contribution in [0.1, 0.15) is 35.5 Å². The maximum atomic E-state index is 15.4. The zero-order chi connectivity index (χ0) is 23.7. The molecule has 0 bridgehead atoms. The molecule has 33 heavy (non-hydrogen) atoms. The van der Waals surface area contributed by atoms with Gasteiger partial charge in [0.05, 0.1) is 31.4 Å². The number of carbonyl (C=O) groups is 2. The molecule has 1 aromatic carbocycles. The van der Waals surface area contributed by atoms with Crippen molar-refractivity contribution in [3.8, 4) is 5.75 Å². The number of ether oxygens (including phenoxy) is 1. The molecule has 10 nitrogen and oxygen atoms in total. The molecule has 2 fully saturated rings. The summed E-state index contributed by atoms with van der Waals surface area (Å²) < 4.78 is 26.3. The van der Waals surface area contributed by atoms with E-state index in [1.165, 1.54) is 31.5 Å². The van der Waals surface area contributed by atoms with Crippen LogP contribution in [-0.2, 0) is 11.2 Å². The Morgan fingerprint density at radius 2 is 2.24 bits per heavy atom. The van der Waals surface area contributed by atoms with Crippen LogP contribution in [0.2, 0.25) is 0 Å². The molecule has 2 aromatic rings. The minimum Gasteiger partial charge on any atom is -0.492 e. The Morgan fingerprint density at radius 1 is 1.48 bits per heavy atom. The summed E-state index contributed by atoms with van der Waals surface area (Å²) >= 11 is 0. The number of hydrogen-bond acceptors (Lipinski definition) is 8. The summed E-state index contributed by atoms with van der Waals surface area (Å²) in [5, 5.41) is 11.5. The van der Waals surface area contributed by atoms with Crippen molar-refractivity contribution in [2.75, 3.05) is 37.0 Å². The van der Waals surface area contributed by atoms with Crippen molar-refractivity contribution in [1.82, 2.24) is 9.99 Å². The predicted octanol–water partition coefficient (Wildman–Crippen LogP) is 1.32. The summed E-state index contributed by atoms with van der Waals surface area (Å²) in [6.45, 7) is 0.831. The Balaban J connectivity index is 1.69. The number of aliphatic hydroxyl groups is 1. The van der Waals surface area contributed by atoms with Gasteiger partial charge in [-0.15, -0.1) is 0 Å². The molecule has 0 radical (unpaired) electrons. The van der Waals surface area contributed by atoms with Crippen molar-refractivity contribution >= 4 is 23.7 Å². The summed E-state index contributed by atoms with van der Waals surface area (Å²) in [5.41, 5.74) is 0.316. The van der Waals surface area contributed by atoms with Gasteiger partial charge >= 0.3 is 0 Å². The Morgan fingerprint density at radius 3 is 2.82 bits per heavy atom. The van der Waals surface area contributed by atoms with Crippen molar-refractivity contribution in [1.29, 1.82) is 0 Å². The van der Waals surface area contributed by atoms with E-state index in [4.69, 9.17) is 15.0 Å². The zero-order valence-corrected chi connectivity index (χ0v) is 18.6. The minimum absolute atomic E-state index is 0.0447. The van der Waals surface area contributed by atoms with Gasteiger partial charge in [-0.05, 0) is 25.3 Å². The Labute approximate surface area is 190 Å². The predicted molar refractivity (Wildman–Crippen MR) is 117 cm³/mol. The average molecular weight is 461 g/mol. The van der Waals surface area contributed by atoms with Gasteiger partial charge in [-0.2, -0.15) is 0 Å². The smallest absolute Gasteiger partial charge is 0.269 e. The van der Waals surface area contributed by atoms with E-state index in [1.54, 1.807) is 4.90 Å². The molecule has 4 rings (SSSR count). The first-order valence-electron chi connectivity index (χ1n) is 10.8. The molecule has 2 amide bonds. The summed E-state index contributed by atoms with van der Waals surface area (Å²) in [6, 6.07) is 1.02. The van der Waals surface area contributed by atoms with Crippen LogP contribution in [0.4, 0.5) is 15.8 Å². The zero-order valence-electron chi connectivity index (χ0n) is 18.6. The SMILES string of the molecule is COc1c(N2CCC(C(O)Cc3ncco3)C2)c(F)cc(C(=O)N(C)N)c1N(C=O)C1CC1. The molecule has 1 aliphatic carbocycles. The first-order chi connectivity index (χ1) is 15.8. The summed E-state index contributed by atoms with van der Waals surface area (Å²) in [6.07, 6.45) is 5.32. The van der Waals surface area contributed by atoms with Crippen molar-refractivity contribution in [3.63, 3.8) is 0 Å². The first-order valence-corrected chi connectivity index (χ1v) is 10.8. The molecule has 1 aromatic heterocycles. The number of hydrazine groups is 1. The van der Waals surface area contributed by atoms with E-state index in [2.05, 4.69) is 4.98 Å². The molecule has 2 unspecified atom stereocenters. The fourth-order valence-corrected chi connectivity index (χ4v) is 4.38. The highest BCUT2D eigenvalue weighted by atomic mass is 19.1. The molecule has 2 atom stereocenters. The van der Waals surface area contributed by atoms with E-state index in [0.29, 0.717) is 31.8 Å². The van der Waals surface area contributed by atoms with E-state index in [-0.39, 0.29) is 41.1 Å². The molecule has 1 saturated heterocycles. The van der Waals surface area contributed by atoms with Crippen molar-refractivity contribution in [2.45, 2.75) is 37.8 Å². The van der Waals surface area contributed by atoms with E-state index >= 15 is 4.39 Å². The lowest BCUT2D eigenvalue weighted by Gasteiger charge is -2.29. The highest BCUT2D eigenvalue weighted by molar-refractivity contribution is 6.05. The lowest BCUT2D eigenvalue weighted by molar-refractivity contribution is -0.107. The van der Waals surface area contributed by atoms with Gasteiger partial charge in [0.25, 0.3) is 5.91 Å². The van der Waals surface area contributed by atoms with Gasteiger partial charge in [-0.3, -0.25) is 14.6 Å². The Hall–Kier alpha value is -3.18. The molecular formula is C22H28FN5O5. The Bertz CT molecular complexity index is 1010. The third-order valence-electron chi connectivity index (χ3n) is 6.20. The van der Waals surface area contributed by atoms with Crippen molar-refractivity contribution < 1.29 is 28.2 Å². The van der Waals surface area contributed by atoms with Gasteiger partial charge in [0, 0.05) is 32.1 Å². The number of halogens is 1. The number of hydrogen-bond donors (Lipinski definition) is 2. The molecular weight excluding hydrogens is 433 g/mol. The third kappa shape index (κ3) is 4.51. The van der Waals surface area contributed by atoms with E-state index in [0.717, 1.165) is 23.9 Å². The molecule has 11 heteroatoms. The quantitative estimate of drug-likeness (QED) is 0.248. The molecule has 1 aliphatic heterocycles. The monoisotopic (exact) mass is 461 g/mol. The number of carbonyl (C=O) groups excluding carboxylic acids is 2. The second kappa shape index (κ2) is 9.36. The first kappa shape index (κ1) is 23.0. The number of benzene rings is 1. The van der Waals surface area contributed by atoms with Crippen LogP contribution in [0.3, 0.4) is 0 Å². The second-order valence-corrected chi connectivity index (χ2v) is 8.49. The fraction of sp³-hybridized carbons (Fsp3) is 0.500. The summed E-state index contributed by atoms with van der Waals surface area (Å²) in [4.78, 5) is 32.0. The van der Waals surface area contributed by atoms with Crippen LogP contribution in [0.5, 0.6) is 5.75 Å². The topological polar surface area (TPSA) is 125 Å². The number of amides is 2. The largest absolute Gasteiger partial charge is 0.492 e. The van der Waals surface area contributed by atoms with Gasteiger partial charge in [0.2, 0.25) is 6.41 Å². The number of oxazole rings is 1. The lowest BCUT2D eigenvalue weighted by Crippen LogP contribution is -2.36. The highest BCUT2D eigenvalue weighted by Crippen LogP contribution is 2.47. The maximum absolute atomic E-state index is 15.4. The number of nitrogens with two attached hydrogens (primary N) is 1. The molecule has 178 valence electrons. The van der Waals surface area contributed by atoms with Crippen LogP contribution in [-0.4, -0.2) is 66.8 Å². The number of nitrogens with zero attached hydrogens (tertiary/aromatic N) is 4. The molecule has 2 heterocycles. The fourth-order valence-electron chi connectivity index (χ4n) is 4.38. The number of rotatable bonds is 9. The van der Waals surface area contributed by atoms with Crippen LogP contribution < -0.4 is 20.4 Å². The number of aromatic nitrogens is 1. The summed E-state index contributed by atoms with van der Waals surface area (Å²) in [5.74, 6) is 4.73. The van der Waals surface area contributed by atoms with Gasteiger partial charge in [0.15, 0.2) is 17.5 Å². The van der Waals surface area contributed by atoms with Gasteiger partial charge in [0.1, 0.15) is 17.6 Å². The van der Waals surface area contributed by atoms with Crippen LogP contribution in [0.15, 0.2) is 22.9 Å². The number of methoxy groups -OCH3 is 1. The standard InChI is InChI=1S/C22H28FN5O5/c1-26(24)22(31)15-9-16(23)20(21(32-2)19(15)28(12-29)14-3-4-14)27-7-5-13(11-27)17(30)10-18-25-6-8-33-18/h6,8-9,12-14,17,30H,3-5,7,10-11,24H2,1-2H3. The van der Waals surface area contributed by atoms with Crippen molar-refractivity contribution in [3.05, 3.63) is 35.8 Å². The number of anilines is 2. The Kier molecular flexibility index (Phi) is 6.52. The van der Waals surface area contributed by atoms with Gasteiger partial charge < -0.3 is 24.1 Å². The third-order valence-corrected chi connectivity index (χ3v) is 6.20. The minimum atomic E-state index is -0.716. The molecule has 3 N–H and O–H groups in total. The maximum Gasteiger partial charge on any atom is 0.269 e. The average Bonchev–Trinajstić information content (AvgIpc) is 3.28. The van der Waals surface area contributed by atoms with Crippen LogP contribution >= 0.6 is 0 Å². The highest BCUT2D eigenvalue weighted by Gasteiger charge is 2.38. The van der Waals surface area contributed by atoms with Crippen LogP contribution in [0, 0.1) is 11.7 Å². The second-order valence-electron chi connectivity index (χ2n) is 8.49. The van der Waals surface area contributed by atoms with E-state index < -0.39 is 17.8 Å². The van der Waals surface area contributed by atoms with E-state index in [9.17, 15) is 14.7 Å². The molecule has 1 saturated carbocycles. The van der Waals surface area contributed by atoms with E-state index in [1.807, 2.05) is 0 Å².